The molecule has 0 aliphatic rings. The van der Waals surface area contributed by atoms with Crippen LogP contribution in [0.5, 0.6) is 0 Å². The molecule has 0 heterocycles. The van der Waals surface area contributed by atoms with Gasteiger partial charge < -0.3 is 0 Å². The Morgan fingerprint density at radius 3 is 2.38 bits per heavy atom. The van der Waals surface area contributed by atoms with Gasteiger partial charge in [-0.05, 0) is 18.6 Å². The summed E-state index contributed by atoms with van der Waals surface area (Å²) in [6.07, 6.45) is 17.9. The van der Waals surface area contributed by atoms with Gasteiger partial charge in [-0.2, -0.15) is 0 Å². The highest BCUT2D eigenvalue weighted by Gasteiger charge is 1.86. The summed E-state index contributed by atoms with van der Waals surface area (Å²) < 4.78 is 0. The molecular weight excluding hydrogens is 256 g/mol. The quantitative estimate of drug-likeness (QED) is 0.489. The van der Waals surface area contributed by atoms with Crippen molar-refractivity contribution in [3.63, 3.8) is 0 Å². The van der Waals surface area contributed by atoms with Crippen LogP contribution in [0.2, 0.25) is 0 Å². The van der Waals surface area contributed by atoms with Gasteiger partial charge in [-0.3, -0.25) is 4.79 Å². The Morgan fingerprint density at radius 2 is 1.67 bits per heavy atom. The largest absolute Gasteiger partial charge is 0.295 e. The van der Waals surface area contributed by atoms with Crippen LogP contribution < -0.4 is 0 Å². The minimum Gasteiger partial charge on any atom is -0.295 e. The van der Waals surface area contributed by atoms with Gasteiger partial charge >= 0.3 is 0 Å². The third-order valence-corrected chi connectivity index (χ3v) is 2.77. The van der Waals surface area contributed by atoms with Crippen molar-refractivity contribution in [2.24, 2.45) is 0 Å². The van der Waals surface area contributed by atoms with E-state index in [1.54, 1.807) is 12.2 Å². The van der Waals surface area contributed by atoms with Gasteiger partial charge in [0, 0.05) is 6.42 Å². The molecule has 0 spiro atoms. The van der Waals surface area contributed by atoms with Crippen LogP contribution in [-0.4, -0.2) is 5.78 Å². The Balaban J connectivity index is 2.43. The summed E-state index contributed by atoms with van der Waals surface area (Å²) in [6.45, 7) is 3.88. The van der Waals surface area contributed by atoms with Crippen LogP contribution in [0.4, 0.5) is 0 Å². The van der Waals surface area contributed by atoms with Crippen LogP contribution in [0.15, 0.2) is 84.5 Å². The number of allylic oxidation sites excluding steroid dienone is 9. The molecule has 0 unspecified atom stereocenters. The highest BCUT2D eigenvalue weighted by molar-refractivity contribution is 5.89. The Hall–Kier alpha value is -2.41. The topological polar surface area (TPSA) is 17.1 Å². The second-order valence-electron chi connectivity index (χ2n) is 4.60. The zero-order valence-corrected chi connectivity index (χ0v) is 12.7. The maximum atomic E-state index is 11.1. The summed E-state index contributed by atoms with van der Waals surface area (Å²) in [5.74, 6) is 0.146. The minimum atomic E-state index is 0.146. The molecule has 1 rings (SSSR count). The lowest BCUT2D eigenvalue weighted by Crippen LogP contribution is -1.85. The molecule has 108 valence electrons. The zero-order valence-electron chi connectivity index (χ0n) is 12.7. The number of benzene rings is 1. The molecule has 0 aliphatic carbocycles. The van der Waals surface area contributed by atoms with Crippen molar-refractivity contribution >= 4 is 11.9 Å². The lowest BCUT2D eigenvalue weighted by Gasteiger charge is -1.88. The Kier molecular flexibility index (Phi) is 8.23. The van der Waals surface area contributed by atoms with Gasteiger partial charge in [0.05, 0.1) is 0 Å². The Labute approximate surface area is 127 Å². The highest BCUT2D eigenvalue weighted by Crippen LogP contribution is 2.01. The van der Waals surface area contributed by atoms with E-state index in [0.717, 1.165) is 5.57 Å². The first kappa shape index (κ1) is 16.6. The first-order valence-corrected chi connectivity index (χ1v) is 7.16. The van der Waals surface area contributed by atoms with E-state index in [4.69, 9.17) is 0 Å². The molecule has 1 aromatic rings. The van der Waals surface area contributed by atoms with Crippen LogP contribution in [0.3, 0.4) is 0 Å². The van der Waals surface area contributed by atoms with E-state index in [-0.39, 0.29) is 5.78 Å². The van der Waals surface area contributed by atoms with Gasteiger partial charge in [0.2, 0.25) is 0 Å². The maximum absolute atomic E-state index is 11.1. The van der Waals surface area contributed by atoms with E-state index >= 15 is 0 Å². The molecule has 1 nitrogen and oxygen atoms in total. The van der Waals surface area contributed by atoms with E-state index in [1.807, 2.05) is 68.5 Å². The Bertz CT molecular complexity index is 569. The van der Waals surface area contributed by atoms with Crippen LogP contribution in [0.1, 0.15) is 25.8 Å². The predicted octanol–water partition coefficient (Wildman–Crippen LogP) is 5.29. The molecule has 0 bridgehead atoms. The molecule has 0 N–H and O–H groups in total. The average Bonchev–Trinajstić information content (AvgIpc) is 2.52. The van der Waals surface area contributed by atoms with E-state index < -0.39 is 0 Å². The molecule has 0 saturated heterocycles. The second-order valence-corrected chi connectivity index (χ2v) is 4.60. The molecule has 0 fully saturated rings. The van der Waals surface area contributed by atoms with Crippen LogP contribution in [-0.2, 0) is 4.79 Å². The van der Waals surface area contributed by atoms with Gasteiger partial charge in [0.15, 0.2) is 5.78 Å². The molecule has 0 aromatic heterocycles. The van der Waals surface area contributed by atoms with Crippen molar-refractivity contribution < 1.29 is 4.79 Å². The zero-order chi connectivity index (χ0) is 15.3. The lowest BCUT2D eigenvalue weighted by molar-refractivity contribution is -0.114. The van der Waals surface area contributed by atoms with Gasteiger partial charge in [-0.1, -0.05) is 91.4 Å². The summed E-state index contributed by atoms with van der Waals surface area (Å²) in [6, 6.07) is 10.2. The molecule has 0 aliphatic heterocycles. The summed E-state index contributed by atoms with van der Waals surface area (Å²) in [5, 5.41) is 0. The molecule has 0 radical (unpaired) electrons. The number of ketones is 1. The average molecular weight is 278 g/mol. The van der Waals surface area contributed by atoms with Crippen LogP contribution in [0.25, 0.3) is 6.08 Å². The minimum absolute atomic E-state index is 0.146. The summed E-state index contributed by atoms with van der Waals surface area (Å²) >= 11 is 0. The fraction of sp³-hybridized carbons (Fsp3) is 0.150. The lowest BCUT2D eigenvalue weighted by atomic mass is 10.2. The van der Waals surface area contributed by atoms with Crippen molar-refractivity contribution in [2.45, 2.75) is 20.3 Å². The molecule has 1 heteroatoms. The number of hydrogen-bond acceptors (Lipinski definition) is 1. The van der Waals surface area contributed by atoms with Crippen molar-refractivity contribution in [1.29, 1.82) is 0 Å². The molecule has 0 atom stereocenters. The van der Waals surface area contributed by atoms with Crippen molar-refractivity contribution in [1.82, 2.24) is 0 Å². The number of rotatable bonds is 7. The van der Waals surface area contributed by atoms with Gasteiger partial charge in [-0.15, -0.1) is 0 Å². The fourth-order valence-corrected chi connectivity index (χ4v) is 1.55. The summed E-state index contributed by atoms with van der Waals surface area (Å²) in [5.41, 5.74) is 2.32. The monoisotopic (exact) mass is 278 g/mol. The first-order chi connectivity index (χ1) is 10.2. The smallest absolute Gasteiger partial charge is 0.155 e. The molecule has 1 aromatic carbocycles. The maximum Gasteiger partial charge on any atom is 0.155 e. The van der Waals surface area contributed by atoms with Gasteiger partial charge in [0.25, 0.3) is 0 Å². The first-order valence-electron chi connectivity index (χ1n) is 7.16. The number of carbonyl (C=O) groups excluding carboxylic acids is 1. The van der Waals surface area contributed by atoms with E-state index in [1.165, 1.54) is 5.56 Å². The van der Waals surface area contributed by atoms with Crippen LogP contribution >= 0.6 is 0 Å². The highest BCUT2D eigenvalue weighted by atomic mass is 16.1. The summed E-state index contributed by atoms with van der Waals surface area (Å²) in [7, 11) is 0. The molecular formula is C20H22O. The van der Waals surface area contributed by atoms with Gasteiger partial charge in [0.1, 0.15) is 0 Å². The second kappa shape index (κ2) is 10.4. The third-order valence-electron chi connectivity index (χ3n) is 2.77. The third kappa shape index (κ3) is 8.38. The van der Waals surface area contributed by atoms with Gasteiger partial charge in [-0.25, -0.2) is 0 Å². The van der Waals surface area contributed by atoms with E-state index in [9.17, 15) is 4.79 Å². The fourth-order valence-electron chi connectivity index (χ4n) is 1.55. The van der Waals surface area contributed by atoms with Crippen LogP contribution in [0, 0.1) is 0 Å². The molecule has 0 saturated carbocycles. The number of carbonyl (C=O) groups is 1. The van der Waals surface area contributed by atoms with Crippen molar-refractivity contribution in [3.05, 3.63) is 90.1 Å². The van der Waals surface area contributed by atoms with E-state index in [2.05, 4.69) is 18.2 Å². The standard InChI is InChI=1S/C20H22O/c1-3-20(21)17-11-10-13-18(2)12-6-4-7-14-19-15-8-5-9-16-19/h4-17H,3H2,1-2H3/b6-4?,13-10+,14-7?,17-11+,18-12?. The SMILES string of the molecule is CCC(=O)/C=C/C=C/C(C)=CC=CC=Cc1ccccc1. The molecule has 0 amide bonds. The Morgan fingerprint density at radius 1 is 0.952 bits per heavy atom. The number of hydrogen-bond donors (Lipinski definition) is 0. The van der Waals surface area contributed by atoms with Crippen molar-refractivity contribution in [3.8, 4) is 0 Å². The predicted molar refractivity (Wildman–Crippen MR) is 92.0 cm³/mol. The normalized spacial score (nSPS) is 13.1. The van der Waals surface area contributed by atoms with Crippen molar-refractivity contribution in [2.75, 3.05) is 0 Å². The summed E-state index contributed by atoms with van der Waals surface area (Å²) in [4.78, 5) is 11.1. The van der Waals surface area contributed by atoms with E-state index in [0.29, 0.717) is 6.42 Å². The molecule has 21 heavy (non-hydrogen) atoms.